The van der Waals surface area contributed by atoms with Gasteiger partial charge in [-0.1, -0.05) is 5.16 Å². The smallest absolute Gasteiger partial charge is 0.236 e. The van der Waals surface area contributed by atoms with Crippen molar-refractivity contribution >= 4 is 27.4 Å². The van der Waals surface area contributed by atoms with E-state index in [1.54, 1.807) is 11.3 Å². The van der Waals surface area contributed by atoms with Gasteiger partial charge < -0.3 is 15.2 Å². The molecule has 0 spiro atoms. The zero-order valence-corrected chi connectivity index (χ0v) is 11.9. The molecule has 6 heteroatoms. The lowest BCUT2D eigenvalue weighted by Gasteiger charge is -2.34. The predicted molar refractivity (Wildman–Crippen MR) is 78.8 cm³/mol. The third-order valence-corrected chi connectivity index (χ3v) is 4.47. The van der Waals surface area contributed by atoms with E-state index < -0.39 is 0 Å². The lowest BCUT2D eigenvalue weighted by atomic mass is 10.2. The molecule has 0 amide bonds. The van der Waals surface area contributed by atoms with Gasteiger partial charge in [0.25, 0.3) is 0 Å². The molecule has 1 fully saturated rings. The quantitative estimate of drug-likeness (QED) is 0.846. The first-order valence-electron chi connectivity index (χ1n) is 6.89. The fraction of sp³-hybridized carbons (Fsp3) is 0.615. The zero-order chi connectivity index (χ0) is 13.1. The molecule has 0 aromatic carbocycles. The molecular formula is C13H20N4OS. The van der Waals surface area contributed by atoms with Gasteiger partial charge in [0.2, 0.25) is 5.88 Å². The minimum absolute atomic E-state index is 0.800. The molecule has 19 heavy (non-hydrogen) atoms. The molecule has 3 rings (SSSR count). The second-order valence-corrected chi connectivity index (χ2v) is 5.85. The number of unbranched alkanes of at least 4 members (excludes halogenated alkanes) is 1. The van der Waals surface area contributed by atoms with Crippen LogP contribution in [0.5, 0.6) is 0 Å². The Bertz CT molecular complexity index is 515. The highest BCUT2D eigenvalue weighted by Crippen LogP contribution is 2.30. The molecule has 0 atom stereocenters. The molecule has 2 aromatic heterocycles. The number of piperazine rings is 1. The molecular weight excluding hydrogens is 260 g/mol. The summed E-state index contributed by atoms with van der Waals surface area (Å²) in [7, 11) is 0. The first-order valence-corrected chi connectivity index (χ1v) is 7.76. The topological polar surface area (TPSA) is 58.5 Å². The van der Waals surface area contributed by atoms with Crippen molar-refractivity contribution in [3.05, 3.63) is 11.4 Å². The summed E-state index contributed by atoms with van der Waals surface area (Å²) in [5.41, 5.74) is 5.53. The lowest BCUT2D eigenvalue weighted by molar-refractivity contribution is 0.247. The average molecular weight is 280 g/mol. The Morgan fingerprint density at radius 2 is 2.11 bits per heavy atom. The van der Waals surface area contributed by atoms with Gasteiger partial charge in [-0.25, -0.2) is 0 Å². The highest BCUT2D eigenvalue weighted by Gasteiger charge is 2.21. The number of hydrogen-bond acceptors (Lipinski definition) is 6. The summed E-state index contributed by atoms with van der Waals surface area (Å²) in [6.45, 7) is 6.18. The Labute approximate surface area is 116 Å². The number of aromatic nitrogens is 1. The van der Waals surface area contributed by atoms with Crippen molar-refractivity contribution in [3.8, 4) is 0 Å². The maximum absolute atomic E-state index is 5.53. The van der Waals surface area contributed by atoms with Crippen LogP contribution in [0.15, 0.2) is 16.0 Å². The highest BCUT2D eigenvalue weighted by molar-refractivity contribution is 7.16. The molecule has 0 bridgehead atoms. The van der Waals surface area contributed by atoms with Crippen molar-refractivity contribution in [2.75, 3.05) is 44.2 Å². The van der Waals surface area contributed by atoms with Gasteiger partial charge in [0, 0.05) is 26.2 Å². The number of fused-ring (bicyclic) bond motifs is 1. The van der Waals surface area contributed by atoms with Crippen LogP contribution >= 0.6 is 11.3 Å². The largest absolute Gasteiger partial charge is 0.338 e. The van der Waals surface area contributed by atoms with Crippen LogP contribution in [0.25, 0.3) is 10.2 Å². The van der Waals surface area contributed by atoms with Crippen molar-refractivity contribution < 1.29 is 4.52 Å². The van der Waals surface area contributed by atoms with E-state index >= 15 is 0 Å². The second-order valence-electron chi connectivity index (χ2n) is 4.95. The minimum Gasteiger partial charge on any atom is -0.338 e. The van der Waals surface area contributed by atoms with Crippen molar-refractivity contribution in [2.24, 2.45) is 5.73 Å². The third-order valence-electron chi connectivity index (χ3n) is 3.68. The normalized spacial score (nSPS) is 17.4. The number of thiophene rings is 1. The molecule has 1 saturated heterocycles. The maximum atomic E-state index is 5.53. The van der Waals surface area contributed by atoms with E-state index in [1.165, 1.54) is 6.42 Å². The van der Waals surface area contributed by atoms with E-state index in [-0.39, 0.29) is 0 Å². The average Bonchev–Trinajstić information content (AvgIpc) is 3.02. The summed E-state index contributed by atoms with van der Waals surface area (Å²) in [5.74, 6) is 0.942. The Morgan fingerprint density at radius 3 is 2.89 bits per heavy atom. The van der Waals surface area contributed by atoms with Crippen LogP contribution in [-0.2, 0) is 0 Å². The number of hydrogen-bond donors (Lipinski definition) is 1. The Kier molecular flexibility index (Phi) is 4.00. The molecule has 1 aliphatic rings. The molecule has 3 heterocycles. The highest BCUT2D eigenvalue weighted by atomic mass is 32.1. The van der Waals surface area contributed by atoms with Crippen LogP contribution in [0.1, 0.15) is 12.8 Å². The van der Waals surface area contributed by atoms with Gasteiger partial charge in [0.1, 0.15) is 0 Å². The van der Waals surface area contributed by atoms with E-state index in [9.17, 15) is 0 Å². The molecule has 2 aromatic rings. The fourth-order valence-electron chi connectivity index (χ4n) is 2.55. The van der Waals surface area contributed by atoms with Crippen LogP contribution in [0.3, 0.4) is 0 Å². The van der Waals surface area contributed by atoms with Gasteiger partial charge in [-0.3, -0.25) is 4.90 Å². The van der Waals surface area contributed by atoms with E-state index in [1.807, 2.05) is 0 Å². The molecule has 5 nitrogen and oxygen atoms in total. The van der Waals surface area contributed by atoms with Crippen molar-refractivity contribution in [3.63, 3.8) is 0 Å². The van der Waals surface area contributed by atoms with Crippen LogP contribution in [0.2, 0.25) is 0 Å². The summed E-state index contributed by atoms with van der Waals surface area (Å²) >= 11 is 1.63. The van der Waals surface area contributed by atoms with Crippen molar-refractivity contribution in [2.45, 2.75) is 12.8 Å². The Balaban J connectivity index is 1.57. The summed E-state index contributed by atoms with van der Waals surface area (Å²) < 4.78 is 5.48. The van der Waals surface area contributed by atoms with Crippen LogP contribution in [-0.4, -0.2) is 49.3 Å². The second kappa shape index (κ2) is 5.90. The van der Waals surface area contributed by atoms with Gasteiger partial charge in [-0.2, -0.15) is 0 Å². The van der Waals surface area contributed by atoms with Crippen LogP contribution in [0, 0.1) is 0 Å². The van der Waals surface area contributed by atoms with Crippen LogP contribution in [0.4, 0.5) is 5.88 Å². The van der Waals surface area contributed by atoms with Crippen LogP contribution < -0.4 is 10.6 Å². The zero-order valence-electron chi connectivity index (χ0n) is 11.0. The van der Waals surface area contributed by atoms with Gasteiger partial charge >= 0.3 is 0 Å². The van der Waals surface area contributed by atoms with Crippen molar-refractivity contribution in [1.82, 2.24) is 10.1 Å². The van der Waals surface area contributed by atoms with Gasteiger partial charge in [-0.15, -0.1) is 11.3 Å². The Morgan fingerprint density at radius 1 is 1.26 bits per heavy atom. The van der Waals surface area contributed by atoms with E-state index in [0.717, 1.165) is 61.8 Å². The number of nitrogens with two attached hydrogens (primary N) is 1. The molecule has 104 valence electrons. The van der Waals surface area contributed by atoms with E-state index in [0.29, 0.717) is 0 Å². The first kappa shape index (κ1) is 12.9. The Hall–Kier alpha value is -1.11. The lowest BCUT2D eigenvalue weighted by Crippen LogP contribution is -2.46. The standard InChI is InChI=1S/C13H20N4OS/c14-4-1-2-5-16-6-8-17(9-7-16)13-11-3-10-19-12(11)15-18-13/h3,10H,1-2,4-9,14H2. The fourth-order valence-corrected chi connectivity index (χ4v) is 3.25. The first-order chi connectivity index (χ1) is 9.38. The summed E-state index contributed by atoms with van der Waals surface area (Å²) in [6.07, 6.45) is 2.32. The molecule has 0 radical (unpaired) electrons. The summed E-state index contributed by atoms with van der Waals surface area (Å²) in [5, 5.41) is 7.33. The number of rotatable bonds is 5. The van der Waals surface area contributed by atoms with Crippen molar-refractivity contribution in [1.29, 1.82) is 0 Å². The van der Waals surface area contributed by atoms with Gasteiger partial charge in [-0.05, 0) is 37.4 Å². The van der Waals surface area contributed by atoms with Gasteiger partial charge in [0.05, 0.1) is 5.39 Å². The maximum Gasteiger partial charge on any atom is 0.236 e. The monoisotopic (exact) mass is 280 g/mol. The van der Waals surface area contributed by atoms with E-state index in [4.69, 9.17) is 10.3 Å². The summed E-state index contributed by atoms with van der Waals surface area (Å²) in [4.78, 5) is 5.81. The predicted octanol–water partition coefficient (Wildman–Crippen LogP) is 1.75. The molecule has 0 saturated carbocycles. The molecule has 0 aliphatic carbocycles. The number of anilines is 1. The number of nitrogens with zero attached hydrogens (tertiary/aromatic N) is 3. The SMILES string of the molecule is NCCCCN1CCN(c2onc3sccc23)CC1. The summed E-state index contributed by atoms with van der Waals surface area (Å²) in [6, 6.07) is 2.10. The minimum atomic E-state index is 0.800. The van der Waals surface area contributed by atoms with Gasteiger partial charge in [0.15, 0.2) is 4.83 Å². The van der Waals surface area contributed by atoms with E-state index in [2.05, 4.69) is 26.4 Å². The molecule has 0 unspecified atom stereocenters. The molecule has 1 aliphatic heterocycles. The third kappa shape index (κ3) is 2.75. The molecule has 2 N–H and O–H groups in total.